The zero-order valence-corrected chi connectivity index (χ0v) is 20.5. The second-order valence-corrected chi connectivity index (χ2v) is 8.98. The van der Waals surface area contributed by atoms with Gasteiger partial charge in [-0.1, -0.05) is 42.0 Å². The Morgan fingerprint density at radius 1 is 1.00 bits per heavy atom. The SMILES string of the molecule is Cc1ccc(CNC(=O)[C@@H]2CC(=O)N(c3ccc(OCC(=O)Nc4ccccc4C(F)(F)F)cc3)C2)cc1. The number of ether oxygens (including phenoxy) is 1. The molecule has 0 bridgehead atoms. The Morgan fingerprint density at radius 2 is 1.68 bits per heavy atom. The van der Waals surface area contributed by atoms with Gasteiger partial charge in [0.05, 0.1) is 17.2 Å². The summed E-state index contributed by atoms with van der Waals surface area (Å²) < 4.78 is 44.7. The summed E-state index contributed by atoms with van der Waals surface area (Å²) in [6.07, 6.45) is -4.51. The number of rotatable bonds is 8. The van der Waals surface area contributed by atoms with Gasteiger partial charge in [-0.05, 0) is 48.9 Å². The van der Waals surface area contributed by atoms with Crippen LogP contribution in [0.3, 0.4) is 0 Å². The van der Waals surface area contributed by atoms with Crippen LogP contribution in [-0.4, -0.2) is 30.9 Å². The molecule has 1 aliphatic rings. The number of halogens is 3. The van der Waals surface area contributed by atoms with Crippen LogP contribution in [0, 0.1) is 12.8 Å². The highest BCUT2D eigenvalue weighted by atomic mass is 19.4. The predicted molar refractivity (Wildman–Crippen MR) is 135 cm³/mol. The minimum absolute atomic E-state index is 0.0948. The van der Waals surface area contributed by atoms with Crippen molar-refractivity contribution in [1.82, 2.24) is 5.32 Å². The largest absolute Gasteiger partial charge is 0.484 e. The van der Waals surface area contributed by atoms with Gasteiger partial charge in [-0.15, -0.1) is 0 Å². The number of para-hydroxylation sites is 1. The van der Waals surface area contributed by atoms with Crippen molar-refractivity contribution in [3.05, 3.63) is 89.5 Å². The molecule has 1 fully saturated rings. The highest BCUT2D eigenvalue weighted by Crippen LogP contribution is 2.34. The van der Waals surface area contributed by atoms with E-state index in [1.165, 1.54) is 23.1 Å². The van der Waals surface area contributed by atoms with Crippen LogP contribution in [-0.2, 0) is 27.1 Å². The van der Waals surface area contributed by atoms with E-state index in [2.05, 4.69) is 10.6 Å². The number of hydrogen-bond acceptors (Lipinski definition) is 4. The van der Waals surface area contributed by atoms with E-state index in [1.807, 2.05) is 31.2 Å². The van der Waals surface area contributed by atoms with E-state index in [0.717, 1.165) is 17.2 Å². The number of carbonyl (C=O) groups is 3. The Kier molecular flexibility index (Phi) is 7.99. The van der Waals surface area contributed by atoms with E-state index < -0.39 is 30.2 Å². The van der Waals surface area contributed by atoms with Gasteiger partial charge in [0.25, 0.3) is 5.91 Å². The quantitative estimate of drug-likeness (QED) is 0.446. The van der Waals surface area contributed by atoms with Crippen LogP contribution < -0.4 is 20.3 Å². The second kappa shape index (κ2) is 11.4. The molecule has 1 saturated heterocycles. The maximum Gasteiger partial charge on any atom is 0.418 e. The Bertz CT molecular complexity index is 1310. The molecule has 0 saturated carbocycles. The van der Waals surface area contributed by atoms with Crippen LogP contribution in [0.5, 0.6) is 5.75 Å². The van der Waals surface area contributed by atoms with E-state index in [-0.39, 0.29) is 30.5 Å². The first-order valence-electron chi connectivity index (χ1n) is 11.9. The highest BCUT2D eigenvalue weighted by Gasteiger charge is 2.35. The molecule has 10 heteroatoms. The van der Waals surface area contributed by atoms with Gasteiger partial charge < -0.3 is 20.3 Å². The molecule has 3 aromatic rings. The first-order chi connectivity index (χ1) is 18.1. The van der Waals surface area contributed by atoms with E-state index in [1.54, 1.807) is 24.3 Å². The molecule has 0 spiro atoms. The molecule has 1 aliphatic heterocycles. The van der Waals surface area contributed by atoms with Crippen molar-refractivity contribution in [1.29, 1.82) is 0 Å². The summed E-state index contributed by atoms with van der Waals surface area (Å²) in [5, 5.41) is 5.09. The molecule has 0 radical (unpaired) electrons. The Morgan fingerprint density at radius 3 is 2.37 bits per heavy atom. The third-order valence-corrected chi connectivity index (χ3v) is 6.11. The van der Waals surface area contributed by atoms with E-state index in [9.17, 15) is 27.6 Å². The molecule has 2 N–H and O–H groups in total. The monoisotopic (exact) mass is 525 g/mol. The first-order valence-corrected chi connectivity index (χ1v) is 11.9. The number of hydrogen-bond donors (Lipinski definition) is 2. The zero-order valence-electron chi connectivity index (χ0n) is 20.5. The molecule has 38 heavy (non-hydrogen) atoms. The van der Waals surface area contributed by atoms with Gasteiger partial charge in [0.15, 0.2) is 6.61 Å². The summed E-state index contributed by atoms with van der Waals surface area (Å²) in [5.74, 6) is -1.31. The standard InChI is InChI=1S/C28H26F3N3O4/c1-18-6-8-19(9-7-18)15-32-27(37)20-14-26(36)34(16-20)21-10-12-22(13-11-21)38-17-25(35)33-24-5-3-2-4-23(24)28(29,30)31/h2-13,20H,14-17H2,1H3,(H,32,37)(H,33,35)/t20-/m1/s1. The van der Waals surface area contributed by atoms with Crippen molar-refractivity contribution >= 4 is 29.1 Å². The predicted octanol–water partition coefficient (Wildman–Crippen LogP) is 4.70. The maximum atomic E-state index is 13.1. The Labute approximate surface area is 217 Å². The van der Waals surface area contributed by atoms with Crippen LogP contribution in [0.2, 0.25) is 0 Å². The smallest absolute Gasteiger partial charge is 0.418 e. The Balaban J connectivity index is 1.28. The summed E-state index contributed by atoms with van der Waals surface area (Å²) in [4.78, 5) is 38.8. The number of alkyl halides is 3. The van der Waals surface area contributed by atoms with Crippen LogP contribution in [0.1, 0.15) is 23.1 Å². The van der Waals surface area contributed by atoms with Crippen LogP contribution >= 0.6 is 0 Å². The van der Waals surface area contributed by atoms with Gasteiger partial charge in [-0.3, -0.25) is 14.4 Å². The van der Waals surface area contributed by atoms with E-state index in [4.69, 9.17) is 4.74 Å². The number of amides is 3. The number of nitrogens with one attached hydrogen (secondary N) is 2. The third kappa shape index (κ3) is 6.70. The maximum absolute atomic E-state index is 13.1. The molecule has 198 valence electrons. The number of benzene rings is 3. The lowest BCUT2D eigenvalue weighted by atomic mass is 10.1. The van der Waals surface area contributed by atoms with Crippen LogP contribution in [0.15, 0.2) is 72.8 Å². The fraction of sp³-hybridized carbons (Fsp3) is 0.250. The van der Waals surface area contributed by atoms with Crippen LogP contribution in [0.4, 0.5) is 24.5 Å². The van der Waals surface area contributed by atoms with E-state index >= 15 is 0 Å². The summed E-state index contributed by atoms with van der Waals surface area (Å²) in [7, 11) is 0. The Hall–Kier alpha value is -4.34. The molecule has 1 atom stereocenters. The minimum Gasteiger partial charge on any atom is -0.484 e. The molecule has 0 aliphatic carbocycles. The van der Waals surface area contributed by atoms with Gasteiger partial charge in [-0.2, -0.15) is 13.2 Å². The number of nitrogens with zero attached hydrogens (tertiary/aromatic N) is 1. The number of aryl methyl sites for hydroxylation is 1. The fourth-order valence-electron chi connectivity index (χ4n) is 4.07. The average Bonchev–Trinajstić information content (AvgIpc) is 3.28. The first kappa shape index (κ1) is 26.7. The van der Waals surface area contributed by atoms with Crippen molar-refractivity contribution in [2.24, 2.45) is 5.92 Å². The summed E-state index contributed by atoms with van der Waals surface area (Å²) in [5.41, 5.74) is 1.37. The molecular weight excluding hydrogens is 499 g/mol. The molecule has 3 aromatic carbocycles. The van der Waals surface area contributed by atoms with Gasteiger partial charge in [-0.25, -0.2) is 0 Å². The summed E-state index contributed by atoms with van der Waals surface area (Å²) in [6.45, 7) is 2.10. The molecule has 7 nitrogen and oxygen atoms in total. The van der Waals surface area contributed by atoms with Crippen molar-refractivity contribution in [2.75, 3.05) is 23.4 Å². The lowest BCUT2D eigenvalue weighted by molar-refractivity contribution is -0.137. The number of anilines is 2. The number of carbonyl (C=O) groups excluding carboxylic acids is 3. The van der Waals surface area contributed by atoms with Gasteiger partial charge in [0, 0.05) is 25.2 Å². The lowest BCUT2D eigenvalue weighted by Gasteiger charge is -2.17. The van der Waals surface area contributed by atoms with Crippen molar-refractivity contribution in [2.45, 2.75) is 26.1 Å². The highest BCUT2D eigenvalue weighted by molar-refractivity contribution is 6.00. The van der Waals surface area contributed by atoms with Crippen LogP contribution in [0.25, 0.3) is 0 Å². The van der Waals surface area contributed by atoms with Gasteiger partial charge >= 0.3 is 6.18 Å². The molecule has 1 heterocycles. The minimum atomic E-state index is -4.60. The third-order valence-electron chi connectivity index (χ3n) is 6.11. The van der Waals surface area contributed by atoms with Crippen molar-refractivity contribution < 1.29 is 32.3 Å². The van der Waals surface area contributed by atoms with Crippen molar-refractivity contribution in [3.8, 4) is 5.75 Å². The molecule has 4 rings (SSSR count). The average molecular weight is 526 g/mol. The molecular formula is C28H26F3N3O4. The van der Waals surface area contributed by atoms with Gasteiger partial charge in [0.2, 0.25) is 11.8 Å². The second-order valence-electron chi connectivity index (χ2n) is 8.98. The van der Waals surface area contributed by atoms with Crippen molar-refractivity contribution in [3.63, 3.8) is 0 Å². The normalized spacial score (nSPS) is 15.3. The van der Waals surface area contributed by atoms with Gasteiger partial charge in [0.1, 0.15) is 5.75 Å². The lowest BCUT2D eigenvalue weighted by Crippen LogP contribution is -2.32. The summed E-state index contributed by atoms with van der Waals surface area (Å²) >= 11 is 0. The fourth-order valence-corrected chi connectivity index (χ4v) is 4.07. The molecule has 0 aromatic heterocycles. The molecule has 0 unspecified atom stereocenters. The topological polar surface area (TPSA) is 87.7 Å². The zero-order chi connectivity index (χ0) is 27.3. The van der Waals surface area contributed by atoms with E-state index in [0.29, 0.717) is 18.0 Å². The molecule has 3 amide bonds. The summed E-state index contributed by atoms with van der Waals surface area (Å²) in [6, 6.07) is 18.8.